The number of ether oxygens (including phenoxy) is 1. The Morgan fingerprint density at radius 1 is 1.10 bits per heavy atom. The summed E-state index contributed by atoms with van der Waals surface area (Å²) in [6.07, 6.45) is 0.968. The van der Waals surface area contributed by atoms with Crippen LogP contribution in [0.3, 0.4) is 0 Å². The number of rotatable bonds is 6. The minimum atomic E-state index is -0.498. The molecule has 0 aliphatic heterocycles. The van der Waals surface area contributed by atoms with Gasteiger partial charge in [-0.1, -0.05) is 54.2 Å². The van der Waals surface area contributed by atoms with Crippen LogP contribution in [0.4, 0.5) is 0 Å². The molecule has 1 aromatic heterocycles. The van der Waals surface area contributed by atoms with Gasteiger partial charge in [0.1, 0.15) is 19.1 Å². The molecular weight excluding hydrogens is 392 g/mol. The quantitative estimate of drug-likeness (QED) is 0.476. The molecule has 0 unspecified atom stereocenters. The van der Waals surface area contributed by atoms with Crippen LogP contribution >= 0.6 is 0 Å². The van der Waals surface area contributed by atoms with Crippen molar-refractivity contribution in [3.05, 3.63) is 96.8 Å². The van der Waals surface area contributed by atoms with E-state index in [0.29, 0.717) is 29.7 Å². The lowest BCUT2D eigenvalue weighted by atomic mass is 10.0. The molecule has 1 heterocycles. The fourth-order valence-corrected chi connectivity index (χ4v) is 3.63. The number of phenolic OH excluding ortho intramolecular Hbond substituents is 1. The Morgan fingerprint density at radius 3 is 2.52 bits per heavy atom. The van der Waals surface area contributed by atoms with Crippen molar-refractivity contribution in [2.75, 3.05) is 6.61 Å². The summed E-state index contributed by atoms with van der Waals surface area (Å²) in [6.45, 7) is 6.03. The normalized spacial score (nSPS) is 10.5. The lowest BCUT2D eigenvalue weighted by Gasteiger charge is -2.16. The van der Waals surface area contributed by atoms with Gasteiger partial charge < -0.3 is 9.84 Å². The zero-order chi connectivity index (χ0) is 22.4. The minimum absolute atomic E-state index is 0.0164. The molecule has 0 aliphatic carbocycles. The molecule has 2 N–H and O–H groups in total. The van der Waals surface area contributed by atoms with Crippen molar-refractivity contribution in [2.45, 2.75) is 40.3 Å². The summed E-state index contributed by atoms with van der Waals surface area (Å²) in [5.41, 5.74) is 4.35. The van der Waals surface area contributed by atoms with E-state index >= 15 is 0 Å². The second-order valence-electron chi connectivity index (χ2n) is 7.47. The van der Waals surface area contributed by atoms with E-state index in [-0.39, 0.29) is 24.6 Å². The maximum Gasteiger partial charge on any atom is 0.330 e. The maximum absolute atomic E-state index is 12.5. The molecule has 0 atom stereocenters. The summed E-state index contributed by atoms with van der Waals surface area (Å²) in [6, 6.07) is 12.8. The van der Waals surface area contributed by atoms with Gasteiger partial charge >= 0.3 is 5.69 Å². The van der Waals surface area contributed by atoms with Crippen molar-refractivity contribution < 1.29 is 9.84 Å². The molecule has 160 valence electrons. The molecule has 0 amide bonds. The molecule has 0 saturated heterocycles. The van der Waals surface area contributed by atoms with Crippen LogP contribution in [-0.2, 0) is 24.3 Å². The Bertz CT molecular complexity index is 1240. The van der Waals surface area contributed by atoms with Crippen LogP contribution in [-0.4, -0.2) is 21.3 Å². The predicted octanol–water partition coefficient (Wildman–Crippen LogP) is 3.04. The number of hydrogen-bond acceptors (Lipinski definition) is 4. The molecule has 0 bridgehead atoms. The molecule has 0 aliphatic rings. The number of benzene rings is 2. The highest BCUT2D eigenvalue weighted by molar-refractivity contribution is 5.39. The molecule has 6 nitrogen and oxygen atoms in total. The smallest absolute Gasteiger partial charge is 0.330 e. The first kappa shape index (κ1) is 22.1. The standard InChI is InChI=1S/C25H26N2O4/c1-4-22-23(15-20-12-17(2)11-18(3)13-20)27(25(30)26-24(22)29)16-31-10-6-8-19-7-5-9-21(28)14-19/h5,7,9,11-14,28H,4,10,15-16H2,1-3H3,(H,26,29,30). The van der Waals surface area contributed by atoms with E-state index in [1.54, 1.807) is 24.3 Å². The average Bonchev–Trinajstić information content (AvgIpc) is 2.69. The van der Waals surface area contributed by atoms with Gasteiger partial charge in [0.15, 0.2) is 0 Å². The van der Waals surface area contributed by atoms with Gasteiger partial charge in [-0.15, -0.1) is 0 Å². The lowest BCUT2D eigenvalue weighted by molar-refractivity contribution is 0.0980. The number of nitrogens with one attached hydrogen (secondary N) is 1. The second-order valence-corrected chi connectivity index (χ2v) is 7.47. The average molecular weight is 418 g/mol. The van der Waals surface area contributed by atoms with Crippen molar-refractivity contribution in [1.82, 2.24) is 9.55 Å². The van der Waals surface area contributed by atoms with Crippen molar-refractivity contribution in [1.29, 1.82) is 0 Å². The highest BCUT2D eigenvalue weighted by atomic mass is 16.5. The van der Waals surface area contributed by atoms with Crippen LogP contribution in [0, 0.1) is 25.7 Å². The first-order valence-corrected chi connectivity index (χ1v) is 10.1. The summed E-state index contributed by atoms with van der Waals surface area (Å²) >= 11 is 0. The second kappa shape index (κ2) is 9.96. The Kier molecular flexibility index (Phi) is 7.11. The lowest BCUT2D eigenvalue weighted by Crippen LogP contribution is -2.36. The Balaban J connectivity index is 1.84. The number of nitrogens with zero attached hydrogens (tertiary/aromatic N) is 1. The topological polar surface area (TPSA) is 84.3 Å². The van der Waals surface area contributed by atoms with Crippen molar-refractivity contribution >= 4 is 0 Å². The Labute approximate surface area is 181 Å². The van der Waals surface area contributed by atoms with Gasteiger partial charge in [-0.3, -0.25) is 14.3 Å². The van der Waals surface area contributed by atoms with E-state index in [0.717, 1.165) is 16.7 Å². The van der Waals surface area contributed by atoms with Gasteiger partial charge in [-0.2, -0.15) is 0 Å². The molecule has 3 rings (SSSR count). The number of phenols is 1. The fourth-order valence-electron chi connectivity index (χ4n) is 3.63. The summed E-state index contributed by atoms with van der Waals surface area (Å²) < 4.78 is 7.09. The van der Waals surface area contributed by atoms with E-state index in [1.165, 1.54) is 4.57 Å². The van der Waals surface area contributed by atoms with Crippen LogP contribution in [0.5, 0.6) is 5.75 Å². The van der Waals surface area contributed by atoms with Gasteiger partial charge in [-0.25, -0.2) is 4.79 Å². The third kappa shape index (κ3) is 5.74. The summed E-state index contributed by atoms with van der Waals surface area (Å²) in [5, 5.41) is 9.49. The van der Waals surface area contributed by atoms with Crippen molar-refractivity contribution in [3.63, 3.8) is 0 Å². The first-order valence-electron chi connectivity index (χ1n) is 10.1. The number of aromatic amines is 1. The van der Waals surface area contributed by atoms with E-state index in [2.05, 4.69) is 35.0 Å². The monoisotopic (exact) mass is 418 g/mol. The highest BCUT2D eigenvalue weighted by Crippen LogP contribution is 2.15. The third-order valence-corrected chi connectivity index (χ3v) is 4.89. The van der Waals surface area contributed by atoms with E-state index in [9.17, 15) is 14.7 Å². The number of aryl methyl sites for hydroxylation is 2. The van der Waals surface area contributed by atoms with Crippen molar-refractivity contribution in [2.24, 2.45) is 0 Å². The van der Waals surface area contributed by atoms with Crippen molar-refractivity contribution in [3.8, 4) is 17.6 Å². The molecule has 0 radical (unpaired) electrons. The number of hydrogen-bond donors (Lipinski definition) is 2. The van der Waals surface area contributed by atoms with Gasteiger partial charge in [0.05, 0.1) is 0 Å². The molecular formula is C25H26N2O4. The van der Waals surface area contributed by atoms with Gasteiger partial charge in [0.2, 0.25) is 0 Å². The van der Waals surface area contributed by atoms with Gasteiger partial charge in [0.25, 0.3) is 5.56 Å². The number of H-pyrrole nitrogens is 1. The maximum atomic E-state index is 12.5. The van der Waals surface area contributed by atoms with E-state index in [4.69, 9.17) is 4.74 Å². The Morgan fingerprint density at radius 2 is 1.84 bits per heavy atom. The van der Waals surface area contributed by atoms with Crippen LogP contribution in [0.15, 0.2) is 52.1 Å². The predicted molar refractivity (Wildman–Crippen MR) is 120 cm³/mol. The Hall–Kier alpha value is -3.56. The highest BCUT2D eigenvalue weighted by Gasteiger charge is 2.14. The summed E-state index contributed by atoms with van der Waals surface area (Å²) in [4.78, 5) is 27.3. The number of aromatic nitrogens is 2. The molecule has 0 spiro atoms. The van der Waals surface area contributed by atoms with Crippen LogP contribution in [0.1, 0.15) is 40.4 Å². The molecule has 0 fully saturated rings. The summed E-state index contributed by atoms with van der Waals surface area (Å²) in [5.74, 6) is 5.93. The molecule has 3 aromatic rings. The van der Waals surface area contributed by atoms with E-state index < -0.39 is 5.69 Å². The van der Waals surface area contributed by atoms with Crippen LogP contribution in [0.2, 0.25) is 0 Å². The zero-order valence-electron chi connectivity index (χ0n) is 18.0. The van der Waals surface area contributed by atoms with E-state index in [1.807, 2.05) is 20.8 Å². The largest absolute Gasteiger partial charge is 0.508 e. The molecule has 2 aromatic carbocycles. The molecule has 0 saturated carbocycles. The van der Waals surface area contributed by atoms with Gasteiger partial charge in [0, 0.05) is 23.2 Å². The SMILES string of the molecule is CCc1c(Cc2cc(C)cc(C)c2)n(COCC#Cc2cccc(O)c2)c(=O)[nH]c1=O. The summed E-state index contributed by atoms with van der Waals surface area (Å²) in [7, 11) is 0. The third-order valence-electron chi connectivity index (χ3n) is 4.89. The molecule has 6 heteroatoms. The van der Waals surface area contributed by atoms with Gasteiger partial charge in [-0.05, 0) is 44.0 Å². The fraction of sp³-hybridized carbons (Fsp3) is 0.280. The zero-order valence-corrected chi connectivity index (χ0v) is 18.0. The van der Waals surface area contributed by atoms with Crippen LogP contribution in [0.25, 0.3) is 0 Å². The van der Waals surface area contributed by atoms with Crippen LogP contribution < -0.4 is 11.2 Å². The molecule has 31 heavy (non-hydrogen) atoms. The number of aromatic hydroxyl groups is 1. The first-order chi connectivity index (χ1) is 14.9. The minimum Gasteiger partial charge on any atom is -0.508 e.